The van der Waals surface area contributed by atoms with E-state index in [1.165, 1.54) is 5.56 Å². The summed E-state index contributed by atoms with van der Waals surface area (Å²) in [6, 6.07) is 15.6. The highest BCUT2D eigenvalue weighted by Crippen LogP contribution is 2.29. The molecule has 0 saturated heterocycles. The summed E-state index contributed by atoms with van der Waals surface area (Å²) in [5, 5.41) is 16.8. The fraction of sp³-hybridized carbons (Fsp3) is 0.300. The number of carboxylic acid groups (broad SMARTS) is 1. The summed E-state index contributed by atoms with van der Waals surface area (Å²) in [4.78, 5) is 23.7. The summed E-state index contributed by atoms with van der Waals surface area (Å²) in [5.41, 5.74) is 3.18. The van der Waals surface area contributed by atoms with E-state index in [0.717, 1.165) is 30.4 Å². The number of fused-ring (bicyclic) bond motifs is 1. The summed E-state index contributed by atoms with van der Waals surface area (Å²) in [7, 11) is 0. The third-order valence-corrected chi connectivity index (χ3v) is 4.55. The number of amides is 2. The quantitative estimate of drug-likeness (QED) is 0.872. The zero-order valence-electron chi connectivity index (χ0n) is 13.9. The van der Waals surface area contributed by atoms with Gasteiger partial charge in [-0.25, -0.2) is 4.79 Å². The van der Waals surface area contributed by atoms with E-state index in [-0.39, 0.29) is 12.5 Å². The van der Waals surface area contributed by atoms with Crippen LogP contribution in [0.25, 0.3) is 0 Å². The first-order chi connectivity index (χ1) is 12.1. The van der Waals surface area contributed by atoms with Crippen LogP contribution in [-0.4, -0.2) is 18.0 Å². The molecule has 2 N–H and O–H groups in total. The highest BCUT2D eigenvalue weighted by molar-refractivity contribution is 5.82. The Kier molecular flexibility index (Phi) is 5.33. The van der Waals surface area contributed by atoms with E-state index in [1.54, 1.807) is 0 Å². The molecule has 5 heteroatoms. The molecule has 0 unspecified atom stereocenters. The van der Waals surface area contributed by atoms with Crippen LogP contribution in [0.2, 0.25) is 0 Å². The Bertz CT molecular complexity index is 746. The normalized spacial score (nSPS) is 17.2. The van der Waals surface area contributed by atoms with Crippen molar-refractivity contribution in [1.82, 2.24) is 10.6 Å². The number of nitrogens with one attached hydrogen (secondary N) is 2. The molecule has 0 spiro atoms. The van der Waals surface area contributed by atoms with Crippen molar-refractivity contribution in [2.24, 2.45) is 0 Å². The van der Waals surface area contributed by atoms with Gasteiger partial charge in [-0.3, -0.25) is 0 Å². The Labute approximate surface area is 147 Å². The number of urea groups is 1. The van der Waals surface area contributed by atoms with Crippen LogP contribution >= 0.6 is 0 Å². The highest BCUT2D eigenvalue weighted by atomic mass is 16.4. The maximum Gasteiger partial charge on any atom is 0.315 e. The maximum atomic E-state index is 12.3. The van der Waals surface area contributed by atoms with Gasteiger partial charge in [-0.1, -0.05) is 54.6 Å². The number of aryl methyl sites for hydroxylation is 1. The molecular formula is C20H21N2O3-. The summed E-state index contributed by atoms with van der Waals surface area (Å²) in [6.45, 7) is 0. The van der Waals surface area contributed by atoms with Crippen LogP contribution in [-0.2, 0) is 17.6 Å². The summed E-state index contributed by atoms with van der Waals surface area (Å²) < 4.78 is 0. The van der Waals surface area contributed by atoms with Gasteiger partial charge in [0.15, 0.2) is 0 Å². The van der Waals surface area contributed by atoms with Crippen LogP contribution in [0.3, 0.4) is 0 Å². The topological polar surface area (TPSA) is 81.3 Å². The molecule has 0 radical (unpaired) electrons. The first kappa shape index (κ1) is 17.0. The largest absolute Gasteiger partial charge is 0.548 e. The number of carbonyl (C=O) groups is 2. The number of carboxylic acids is 1. The molecule has 0 saturated carbocycles. The van der Waals surface area contributed by atoms with E-state index in [9.17, 15) is 14.7 Å². The average Bonchev–Trinajstić information content (AvgIpc) is 2.62. The Hall–Kier alpha value is -2.82. The van der Waals surface area contributed by atoms with Gasteiger partial charge < -0.3 is 20.5 Å². The second-order valence-corrected chi connectivity index (χ2v) is 6.32. The lowest BCUT2D eigenvalue weighted by Crippen LogP contribution is -2.52. The molecule has 5 nitrogen and oxygen atoms in total. The van der Waals surface area contributed by atoms with Crippen molar-refractivity contribution >= 4 is 12.0 Å². The summed E-state index contributed by atoms with van der Waals surface area (Å²) in [5.74, 6) is -1.29. The molecule has 25 heavy (non-hydrogen) atoms. The molecule has 1 aliphatic rings. The van der Waals surface area contributed by atoms with Crippen molar-refractivity contribution in [2.45, 2.75) is 37.8 Å². The Balaban J connectivity index is 1.64. The van der Waals surface area contributed by atoms with Crippen LogP contribution in [0.5, 0.6) is 0 Å². The lowest BCUT2D eigenvalue weighted by molar-refractivity contribution is -0.308. The fourth-order valence-electron chi connectivity index (χ4n) is 3.31. The minimum atomic E-state index is -1.29. The van der Waals surface area contributed by atoms with Crippen molar-refractivity contribution in [2.75, 3.05) is 0 Å². The van der Waals surface area contributed by atoms with Crippen molar-refractivity contribution in [3.63, 3.8) is 0 Å². The zero-order valence-corrected chi connectivity index (χ0v) is 13.9. The van der Waals surface area contributed by atoms with Gasteiger partial charge in [-0.2, -0.15) is 0 Å². The van der Waals surface area contributed by atoms with Gasteiger partial charge in [0.25, 0.3) is 0 Å². The SMILES string of the molecule is O=C(N[C@@H](Cc1ccccc1)C(=O)[O-])N[C@H]1CCCc2ccccc21. The predicted octanol–water partition coefficient (Wildman–Crippen LogP) is 1.72. The molecule has 0 heterocycles. The summed E-state index contributed by atoms with van der Waals surface area (Å²) in [6.07, 6.45) is 3.04. The van der Waals surface area contributed by atoms with Gasteiger partial charge >= 0.3 is 6.03 Å². The van der Waals surface area contributed by atoms with Gasteiger partial charge in [0, 0.05) is 0 Å². The molecule has 0 aromatic heterocycles. The van der Waals surface area contributed by atoms with Crippen molar-refractivity contribution < 1.29 is 14.7 Å². The van der Waals surface area contributed by atoms with Crippen molar-refractivity contribution in [3.05, 3.63) is 71.3 Å². The minimum Gasteiger partial charge on any atom is -0.548 e. The third kappa shape index (κ3) is 4.38. The molecule has 2 aromatic rings. The lowest BCUT2D eigenvalue weighted by Gasteiger charge is -2.28. The minimum absolute atomic E-state index is 0.0934. The number of benzene rings is 2. The van der Waals surface area contributed by atoms with E-state index < -0.39 is 18.0 Å². The molecular weight excluding hydrogens is 316 g/mol. The molecule has 130 valence electrons. The average molecular weight is 337 g/mol. The second kappa shape index (κ2) is 7.83. The van der Waals surface area contributed by atoms with Crippen LogP contribution < -0.4 is 15.7 Å². The Morgan fingerprint density at radius 1 is 1.08 bits per heavy atom. The molecule has 0 fully saturated rings. The van der Waals surface area contributed by atoms with Gasteiger partial charge in [-0.05, 0) is 42.4 Å². The molecule has 1 aliphatic carbocycles. The number of hydrogen-bond acceptors (Lipinski definition) is 3. The zero-order chi connectivity index (χ0) is 17.6. The Morgan fingerprint density at radius 3 is 2.56 bits per heavy atom. The standard InChI is InChI=1S/C20H22N2O3/c23-19(24)18(13-14-7-2-1-3-8-14)22-20(25)21-17-12-6-10-15-9-4-5-11-16(15)17/h1-5,7-9,11,17-18H,6,10,12-13H2,(H,23,24)(H2,21,22,25)/p-1/t17-,18-/m0/s1. The summed E-state index contributed by atoms with van der Waals surface area (Å²) >= 11 is 0. The number of hydrogen-bond donors (Lipinski definition) is 2. The van der Waals surface area contributed by atoms with Crippen LogP contribution in [0.1, 0.15) is 35.6 Å². The monoisotopic (exact) mass is 337 g/mol. The van der Waals surface area contributed by atoms with E-state index in [4.69, 9.17) is 0 Å². The van der Waals surface area contributed by atoms with Crippen LogP contribution in [0.15, 0.2) is 54.6 Å². The predicted molar refractivity (Wildman–Crippen MR) is 92.7 cm³/mol. The molecule has 2 aromatic carbocycles. The first-order valence-electron chi connectivity index (χ1n) is 8.53. The van der Waals surface area contributed by atoms with Crippen LogP contribution in [0.4, 0.5) is 4.79 Å². The number of carbonyl (C=O) groups excluding carboxylic acids is 2. The number of aliphatic carboxylic acids is 1. The smallest absolute Gasteiger partial charge is 0.315 e. The Morgan fingerprint density at radius 2 is 1.80 bits per heavy atom. The van der Waals surface area contributed by atoms with E-state index in [2.05, 4.69) is 16.7 Å². The fourth-order valence-corrected chi connectivity index (χ4v) is 3.31. The van der Waals surface area contributed by atoms with E-state index in [1.807, 2.05) is 48.5 Å². The van der Waals surface area contributed by atoms with Crippen LogP contribution in [0, 0.1) is 0 Å². The van der Waals surface area contributed by atoms with E-state index in [0.29, 0.717) is 0 Å². The lowest BCUT2D eigenvalue weighted by atomic mass is 9.88. The number of rotatable bonds is 5. The molecule has 2 atom stereocenters. The maximum absolute atomic E-state index is 12.3. The van der Waals surface area contributed by atoms with E-state index >= 15 is 0 Å². The molecule has 3 rings (SSSR count). The molecule has 0 aliphatic heterocycles. The highest BCUT2D eigenvalue weighted by Gasteiger charge is 2.22. The third-order valence-electron chi connectivity index (χ3n) is 4.55. The first-order valence-corrected chi connectivity index (χ1v) is 8.53. The van der Waals surface area contributed by atoms with Gasteiger partial charge in [-0.15, -0.1) is 0 Å². The van der Waals surface area contributed by atoms with Gasteiger partial charge in [0.05, 0.1) is 18.1 Å². The van der Waals surface area contributed by atoms with Crippen molar-refractivity contribution in [1.29, 1.82) is 0 Å². The molecule has 2 amide bonds. The van der Waals surface area contributed by atoms with Crippen molar-refractivity contribution in [3.8, 4) is 0 Å². The molecule has 0 bridgehead atoms. The second-order valence-electron chi connectivity index (χ2n) is 6.32. The van der Waals surface area contributed by atoms with Gasteiger partial charge in [0.2, 0.25) is 0 Å². The van der Waals surface area contributed by atoms with Gasteiger partial charge in [0.1, 0.15) is 0 Å².